The van der Waals surface area contributed by atoms with Gasteiger partial charge in [0.05, 0.1) is 11.1 Å². The van der Waals surface area contributed by atoms with Gasteiger partial charge in [0.25, 0.3) is 11.8 Å². The lowest BCUT2D eigenvalue weighted by Gasteiger charge is -2.15. The molecule has 0 aliphatic carbocycles. The quantitative estimate of drug-likeness (QED) is 0.267. The van der Waals surface area contributed by atoms with Crippen molar-refractivity contribution in [2.45, 2.75) is 25.9 Å². The summed E-state index contributed by atoms with van der Waals surface area (Å²) < 4.78 is 54.5. The van der Waals surface area contributed by atoms with Crippen LogP contribution in [-0.4, -0.2) is 23.5 Å². The molecule has 0 saturated heterocycles. The minimum Gasteiger partial charge on any atom is -0.370 e. The van der Waals surface area contributed by atoms with Gasteiger partial charge in [-0.05, 0) is 62.2 Å². The van der Waals surface area contributed by atoms with Crippen molar-refractivity contribution in [3.05, 3.63) is 81.9 Å². The van der Waals surface area contributed by atoms with Crippen molar-refractivity contribution in [1.82, 2.24) is 5.32 Å². The van der Waals surface area contributed by atoms with Crippen molar-refractivity contribution in [2.75, 3.05) is 0 Å². The molecule has 3 rings (SSSR count). The number of hydrogen-bond donors (Lipinski definition) is 3. The van der Waals surface area contributed by atoms with Crippen LogP contribution in [0.2, 0.25) is 0 Å². The van der Waals surface area contributed by atoms with Crippen LogP contribution in [0.1, 0.15) is 57.2 Å². The van der Waals surface area contributed by atoms with Gasteiger partial charge in [-0.25, -0.2) is 9.38 Å². The zero-order valence-electron chi connectivity index (χ0n) is 18.3. The van der Waals surface area contributed by atoms with E-state index in [4.69, 9.17) is 11.5 Å². The van der Waals surface area contributed by atoms with Crippen molar-refractivity contribution in [3.8, 4) is 11.8 Å². The van der Waals surface area contributed by atoms with Crippen molar-refractivity contribution >= 4 is 23.5 Å². The van der Waals surface area contributed by atoms with E-state index in [2.05, 4.69) is 27.1 Å². The van der Waals surface area contributed by atoms with Crippen LogP contribution >= 0.6 is 0 Å². The standard InChI is InChI=1S/C24H19F4N5O2/c1-13-3-2-4-20(31-13)32-22(35)18-11-14(7-8-19(18)24(26,27)28)5-6-15-9-16(12-17(25)10-15)21(34)33-23(29)30/h4,7-12H,2-3H2,1H3,(H,32,35)(H4,29,30,33,34). The first-order valence-electron chi connectivity index (χ1n) is 10.2. The van der Waals surface area contributed by atoms with E-state index in [-0.39, 0.29) is 22.5 Å². The van der Waals surface area contributed by atoms with Gasteiger partial charge < -0.3 is 16.8 Å². The fourth-order valence-electron chi connectivity index (χ4n) is 3.16. The molecule has 0 fully saturated rings. The molecule has 2 amide bonds. The maximum Gasteiger partial charge on any atom is 0.417 e. The third kappa shape index (κ3) is 6.77. The zero-order valence-corrected chi connectivity index (χ0v) is 18.3. The number of carbonyl (C=O) groups excluding carboxylic acids is 2. The molecule has 0 radical (unpaired) electrons. The third-order valence-corrected chi connectivity index (χ3v) is 4.69. The number of aliphatic imine (C=N–C) groups is 2. The van der Waals surface area contributed by atoms with E-state index >= 15 is 0 Å². The lowest BCUT2D eigenvalue weighted by atomic mass is 10.0. The SMILES string of the molecule is CC1=NC(NC(=O)c2cc(C#Cc3cc(F)cc(C(=O)N=C(N)N)c3)ccc2C(F)(F)F)=CCC1. The maximum absolute atomic E-state index is 13.9. The summed E-state index contributed by atoms with van der Waals surface area (Å²) in [6.07, 6.45) is -1.88. The summed E-state index contributed by atoms with van der Waals surface area (Å²) in [6, 6.07) is 5.95. The molecule has 0 unspecified atom stereocenters. The van der Waals surface area contributed by atoms with Gasteiger partial charge in [0.1, 0.15) is 11.6 Å². The Balaban J connectivity index is 1.96. The predicted molar refractivity (Wildman–Crippen MR) is 122 cm³/mol. The van der Waals surface area contributed by atoms with Gasteiger partial charge in [0, 0.05) is 22.4 Å². The molecular formula is C24H19F4N5O2. The summed E-state index contributed by atoms with van der Waals surface area (Å²) >= 11 is 0. The van der Waals surface area contributed by atoms with Crippen molar-refractivity contribution in [2.24, 2.45) is 21.5 Å². The lowest BCUT2D eigenvalue weighted by molar-refractivity contribution is -0.137. The van der Waals surface area contributed by atoms with E-state index in [0.717, 1.165) is 36.0 Å². The fraction of sp³-hybridized carbons (Fsp3) is 0.167. The number of allylic oxidation sites excluding steroid dienone is 1. The van der Waals surface area contributed by atoms with Gasteiger partial charge in [0.15, 0.2) is 5.96 Å². The first kappa shape index (κ1) is 25.2. The minimum absolute atomic E-state index is 0.0437. The summed E-state index contributed by atoms with van der Waals surface area (Å²) in [4.78, 5) is 32.1. The van der Waals surface area contributed by atoms with Crippen LogP contribution in [0.3, 0.4) is 0 Å². The van der Waals surface area contributed by atoms with Crippen LogP contribution in [0, 0.1) is 17.7 Å². The number of nitrogens with one attached hydrogen (secondary N) is 1. The number of hydrogen-bond acceptors (Lipinski definition) is 3. The Hall–Kier alpha value is -4.46. The molecule has 180 valence electrons. The Morgan fingerprint density at radius 3 is 2.46 bits per heavy atom. The van der Waals surface area contributed by atoms with E-state index in [0.29, 0.717) is 12.8 Å². The monoisotopic (exact) mass is 485 g/mol. The van der Waals surface area contributed by atoms with Crippen molar-refractivity contribution in [3.63, 3.8) is 0 Å². The third-order valence-electron chi connectivity index (χ3n) is 4.69. The first-order chi connectivity index (χ1) is 16.4. The molecule has 0 spiro atoms. The Morgan fingerprint density at radius 1 is 1.09 bits per heavy atom. The number of nitrogens with zero attached hydrogens (tertiary/aromatic N) is 2. The second kappa shape index (κ2) is 10.2. The number of nitrogens with two attached hydrogens (primary N) is 2. The Bertz CT molecular complexity index is 1340. The van der Waals surface area contributed by atoms with Gasteiger partial charge in [-0.2, -0.15) is 18.2 Å². The molecule has 1 aliphatic heterocycles. The Morgan fingerprint density at radius 2 is 1.80 bits per heavy atom. The fourth-order valence-corrected chi connectivity index (χ4v) is 3.16. The van der Waals surface area contributed by atoms with Crippen LogP contribution in [0.15, 0.2) is 58.3 Å². The summed E-state index contributed by atoms with van der Waals surface area (Å²) in [5.74, 6) is 2.11. The van der Waals surface area contributed by atoms with E-state index in [1.807, 2.05) is 0 Å². The molecular weight excluding hydrogens is 466 g/mol. The van der Waals surface area contributed by atoms with Gasteiger partial charge in [-0.15, -0.1) is 0 Å². The molecule has 1 aliphatic rings. The normalized spacial score (nSPS) is 13.1. The van der Waals surface area contributed by atoms with Crippen molar-refractivity contribution in [1.29, 1.82) is 0 Å². The van der Waals surface area contributed by atoms with E-state index < -0.39 is 40.9 Å². The molecule has 2 aromatic rings. The summed E-state index contributed by atoms with van der Waals surface area (Å²) in [7, 11) is 0. The number of halogens is 4. The number of benzene rings is 2. The van der Waals surface area contributed by atoms with Crippen LogP contribution < -0.4 is 16.8 Å². The number of alkyl halides is 3. The first-order valence-corrected chi connectivity index (χ1v) is 10.2. The van der Waals surface area contributed by atoms with Gasteiger partial charge in [0.2, 0.25) is 0 Å². The van der Waals surface area contributed by atoms with Crippen LogP contribution in [0.4, 0.5) is 17.6 Å². The summed E-state index contributed by atoms with van der Waals surface area (Å²) in [5, 5.41) is 2.39. The highest BCUT2D eigenvalue weighted by Gasteiger charge is 2.35. The van der Waals surface area contributed by atoms with E-state index in [1.54, 1.807) is 13.0 Å². The number of rotatable bonds is 3. The van der Waals surface area contributed by atoms with E-state index in [1.165, 1.54) is 6.07 Å². The highest BCUT2D eigenvalue weighted by molar-refractivity contribution is 6.02. The topological polar surface area (TPSA) is 123 Å². The van der Waals surface area contributed by atoms with Gasteiger partial charge in [-0.3, -0.25) is 9.59 Å². The van der Waals surface area contributed by atoms with E-state index in [9.17, 15) is 27.2 Å². The Labute approximate surface area is 197 Å². The number of carbonyl (C=O) groups is 2. The van der Waals surface area contributed by atoms with Crippen LogP contribution in [0.5, 0.6) is 0 Å². The summed E-state index contributed by atoms with van der Waals surface area (Å²) in [5.41, 5.74) is 9.18. The molecule has 1 heterocycles. The maximum atomic E-state index is 13.9. The molecule has 0 atom stereocenters. The van der Waals surface area contributed by atoms with Crippen LogP contribution in [-0.2, 0) is 6.18 Å². The molecule has 11 heteroatoms. The number of guanidine groups is 1. The molecule has 7 nitrogen and oxygen atoms in total. The zero-order chi connectivity index (χ0) is 25.8. The predicted octanol–water partition coefficient (Wildman–Crippen LogP) is 3.48. The summed E-state index contributed by atoms with van der Waals surface area (Å²) in [6.45, 7) is 1.75. The average Bonchev–Trinajstić information content (AvgIpc) is 2.76. The van der Waals surface area contributed by atoms with Crippen LogP contribution in [0.25, 0.3) is 0 Å². The lowest BCUT2D eigenvalue weighted by Crippen LogP contribution is -2.26. The van der Waals surface area contributed by atoms with Gasteiger partial charge in [-0.1, -0.05) is 11.8 Å². The molecule has 0 aromatic heterocycles. The smallest absolute Gasteiger partial charge is 0.370 e. The number of amides is 2. The molecule has 0 saturated carbocycles. The highest BCUT2D eigenvalue weighted by atomic mass is 19.4. The van der Waals surface area contributed by atoms with Crippen molar-refractivity contribution < 1.29 is 27.2 Å². The Kier molecular flexibility index (Phi) is 7.34. The second-order valence-corrected chi connectivity index (χ2v) is 7.51. The highest BCUT2D eigenvalue weighted by Crippen LogP contribution is 2.32. The van der Waals surface area contributed by atoms with Gasteiger partial charge >= 0.3 is 6.18 Å². The molecule has 5 N–H and O–H groups in total. The largest absolute Gasteiger partial charge is 0.417 e. The second-order valence-electron chi connectivity index (χ2n) is 7.51. The average molecular weight is 485 g/mol. The molecule has 2 aromatic carbocycles. The molecule has 0 bridgehead atoms. The molecule has 35 heavy (non-hydrogen) atoms. The minimum atomic E-state index is -4.79.